The molecule has 88 valence electrons. The third kappa shape index (κ3) is 2.45. The molecule has 16 heavy (non-hydrogen) atoms. The van der Waals surface area contributed by atoms with Crippen molar-refractivity contribution >= 4 is 28.9 Å². The van der Waals surface area contributed by atoms with Crippen LogP contribution < -0.4 is 10.2 Å². The van der Waals surface area contributed by atoms with Gasteiger partial charge in [0, 0.05) is 40.9 Å². The Morgan fingerprint density at radius 1 is 1.06 bits per heavy atom. The number of rotatable bonds is 1. The third-order valence-electron chi connectivity index (χ3n) is 2.97. The molecule has 1 aromatic carbocycles. The molecule has 0 radical (unpaired) electrons. The third-order valence-corrected chi connectivity index (χ3v) is 3.41. The van der Waals surface area contributed by atoms with Gasteiger partial charge in [0.15, 0.2) is 0 Å². The molecule has 0 amide bonds. The second-order valence-electron chi connectivity index (χ2n) is 4.39. The first-order valence-corrected chi connectivity index (χ1v) is 6.28. The molecular weight excluding hydrogens is 243 g/mol. The monoisotopic (exact) mass is 258 g/mol. The Morgan fingerprint density at radius 3 is 2.06 bits per heavy atom. The number of nitrogens with zero attached hydrogens (tertiary/aromatic N) is 1. The van der Waals surface area contributed by atoms with Crippen molar-refractivity contribution in [1.82, 2.24) is 5.32 Å². The van der Waals surface area contributed by atoms with Gasteiger partial charge in [-0.3, -0.25) is 0 Å². The van der Waals surface area contributed by atoms with Crippen LogP contribution in [0.25, 0.3) is 0 Å². The van der Waals surface area contributed by atoms with Crippen molar-refractivity contribution in [3.63, 3.8) is 0 Å². The molecule has 0 aliphatic carbocycles. The van der Waals surface area contributed by atoms with Gasteiger partial charge in [-0.2, -0.15) is 0 Å². The van der Waals surface area contributed by atoms with Gasteiger partial charge in [0.25, 0.3) is 0 Å². The molecule has 1 aliphatic heterocycles. The van der Waals surface area contributed by atoms with E-state index in [2.05, 4.69) is 24.1 Å². The Hall–Kier alpha value is -0.440. The highest BCUT2D eigenvalue weighted by molar-refractivity contribution is 6.35. The van der Waals surface area contributed by atoms with Gasteiger partial charge in [0.1, 0.15) is 0 Å². The lowest BCUT2D eigenvalue weighted by Crippen LogP contribution is -2.55. The number of anilines is 1. The van der Waals surface area contributed by atoms with Crippen molar-refractivity contribution in [2.24, 2.45) is 0 Å². The summed E-state index contributed by atoms with van der Waals surface area (Å²) in [5.74, 6) is 0. The van der Waals surface area contributed by atoms with E-state index in [1.165, 1.54) is 0 Å². The van der Waals surface area contributed by atoms with E-state index in [9.17, 15) is 0 Å². The number of hydrogen-bond donors (Lipinski definition) is 1. The standard InChI is InChI=1S/C12H16Cl2N2/c1-8-6-15-7-9(2)16(8)12-4-10(13)3-11(14)5-12/h3-5,8-9,15H,6-7H2,1-2H3/t8-,9-/m0/s1. The molecule has 1 aromatic rings. The van der Waals surface area contributed by atoms with Gasteiger partial charge in [-0.15, -0.1) is 0 Å². The Bertz CT molecular complexity index is 351. The fraction of sp³-hybridized carbons (Fsp3) is 0.500. The largest absolute Gasteiger partial charge is 0.363 e. The predicted octanol–water partition coefficient (Wildman–Crippen LogP) is 3.18. The fourth-order valence-electron chi connectivity index (χ4n) is 2.33. The smallest absolute Gasteiger partial charge is 0.0441 e. The number of benzene rings is 1. The van der Waals surface area contributed by atoms with E-state index in [4.69, 9.17) is 23.2 Å². The quantitative estimate of drug-likeness (QED) is 0.833. The predicted molar refractivity (Wildman–Crippen MR) is 70.7 cm³/mol. The van der Waals surface area contributed by atoms with Crippen LogP contribution in [0.15, 0.2) is 18.2 Å². The first-order chi connectivity index (χ1) is 7.58. The summed E-state index contributed by atoms with van der Waals surface area (Å²) in [6.45, 7) is 6.40. The molecular formula is C12H16Cl2N2. The topological polar surface area (TPSA) is 15.3 Å². The maximum atomic E-state index is 6.04. The molecule has 2 nitrogen and oxygen atoms in total. The first kappa shape index (κ1) is 12.0. The lowest BCUT2D eigenvalue weighted by atomic mass is 10.1. The number of halogens is 2. The lowest BCUT2D eigenvalue weighted by molar-refractivity contribution is 0.432. The molecule has 0 spiro atoms. The summed E-state index contributed by atoms with van der Waals surface area (Å²) in [6.07, 6.45) is 0. The molecule has 1 fully saturated rings. The SMILES string of the molecule is C[C@H]1CNC[C@H](C)N1c1cc(Cl)cc(Cl)c1. The van der Waals surface area contributed by atoms with Crippen LogP contribution in [0.5, 0.6) is 0 Å². The van der Waals surface area contributed by atoms with E-state index in [0.29, 0.717) is 22.1 Å². The van der Waals surface area contributed by atoms with Crippen LogP contribution in [0.2, 0.25) is 10.0 Å². The molecule has 1 saturated heterocycles. The second kappa shape index (κ2) is 4.82. The molecule has 2 rings (SSSR count). The number of hydrogen-bond acceptors (Lipinski definition) is 2. The summed E-state index contributed by atoms with van der Waals surface area (Å²) in [7, 11) is 0. The summed E-state index contributed by atoms with van der Waals surface area (Å²) >= 11 is 12.1. The molecule has 1 heterocycles. The van der Waals surface area contributed by atoms with E-state index in [1.807, 2.05) is 12.1 Å². The van der Waals surface area contributed by atoms with Crippen molar-refractivity contribution in [3.8, 4) is 0 Å². The van der Waals surface area contributed by atoms with Crippen molar-refractivity contribution in [1.29, 1.82) is 0 Å². The van der Waals surface area contributed by atoms with Crippen LogP contribution in [0.1, 0.15) is 13.8 Å². The van der Waals surface area contributed by atoms with Crippen LogP contribution in [0.3, 0.4) is 0 Å². The number of piperazine rings is 1. The Balaban J connectivity index is 2.33. The Kier molecular flexibility index (Phi) is 3.63. The van der Waals surface area contributed by atoms with Crippen LogP contribution in [0.4, 0.5) is 5.69 Å². The van der Waals surface area contributed by atoms with E-state index in [1.54, 1.807) is 6.07 Å². The molecule has 0 aromatic heterocycles. The average molecular weight is 259 g/mol. The van der Waals surface area contributed by atoms with Gasteiger partial charge in [0.05, 0.1) is 0 Å². The molecule has 0 bridgehead atoms. The van der Waals surface area contributed by atoms with Crippen molar-refractivity contribution < 1.29 is 0 Å². The van der Waals surface area contributed by atoms with Gasteiger partial charge in [0.2, 0.25) is 0 Å². The van der Waals surface area contributed by atoms with Crippen LogP contribution in [0, 0.1) is 0 Å². The van der Waals surface area contributed by atoms with Crippen LogP contribution in [-0.2, 0) is 0 Å². The van der Waals surface area contributed by atoms with Crippen molar-refractivity contribution in [3.05, 3.63) is 28.2 Å². The number of nitrogens with one attached hydrogen (secondary N) is 1. The minimum atomic E-state index is 0.457. The summed E-state index contributed by atoms with van der Waals surface area (Å²) in [4.78, 5) is 2.37. The van der Waals surface area contributed by atoms with Gasteiger partial charge in [-0.25, -0.2) is 0 Å². The van der Waals surface area contributed by atoms with Crippen molar-refractivity contribution in [2.75, 3.05) is 18.0 Å². The first-order valence-electron chi connectivity index (χ1n) is 5.53. The van der Waals surface area contributed by atoms with Crippen molar-refractivity contribution in [2.45, 2.75) is 25.9 Å². The van der Waals surface area contributed by atoms with E-state index in [-0.39, 0.29) is 0 Å². The normalized spacial score (nSPS) is 25.9. The maximum Gasteiger partial charge on any atom is 0.0441 e. The van der Waals surface area contributed by atoms with Gasteiger partial charge in [-0.1, -0.05) is 23.2 Å². The van der Waals surface area contributed by atoms with Gasteiger partial charge < -0.3 is 10.2 Å². The van der Waals surface area contributed by atoms with Gasteiger partial charge >= 0.3 is 0 Å². The Labute approximate surface area is 107 Å². The summed E-state index contributed by atoms with van der Waals surface area (Å²) in [5.41, 5.74) is 1.11. The zero-order valence-electron chi connectivity index (χ0n) is 9.50. The van der Waals surface area contributed by atoms with Crippen LogP contribution >= 0.6 is 23.2 Å². The van der Waals surface area contributed by atoms with Gasteiger partial charge in [-0.05, 0) is 32.0 Å². The molecule has 1 N–H and O–H groups in total. The minimum absolute atomic E-state index is 0.457. The zero-order valence-corrected chi connectivity index (χ0v) is 11.0. The average Bonchev–Trinajstić information content (AvgIpc) is 2.15. The lowest BCUT2D eigenvalue weighted by Gasteiger charge is -2.41. The van der Waals surface area contributed by atoms with E-state index in [0.717, 1.165) is 18.8 Å². The molecule has 1 aliphatic rings. The highest BCUT2D eigenvalue weighted by Crippen LogP contribution is 2.28. The fourth-order valence-corrected chi connectivity index (χ4v) is 2.84. The highest BCUT2D eigenvalue weighted by Gasteiger charge is 2.24. The summed E-state index contributed by atoms with van der Waals surface area (Å²) < 4.78 is 0. The summed E-state index contributed by atoms with van der Waals surface area (Å²) in [6, 6.07) is 6.64. The van der Waals surface area contributed by atoms with E-state index < -0.39 is 0 Å². The molecule has 2 atom stereocenters. The zero-order chi connectivity index (χ0) is 11.7. The highest BCUT2D eigenvalue weighted by atomic mass is 35.5. The molecule has 0 unspecified atom stereocenters. The van der Waals surface area contributed by atoms with Crippen LogP contribution in [-0.4, -0.2) is 25.2 Å². The second-order valence-corrected chi connectivity index (χ2v) is 5.26. The molecule has 0 saturated carbocycles. The Morgan fingerprint density at radius 2 is 1.56 bits per heavy atom. The maximum absolute atomic E-state index is 6.04. The molecule has 4 heteroatoms. The minimum Gasteiger partial charge on any atom is -0.363 e. The summed E-state index contributed by atoms with van der Waals surface area (Å²) in [5, 5.41) is 4.80. The van der Waals surface area contributed by atoms with E-state index >= 15 is 0 Å².